The number of aryl methyl sites for hydroxylation is 3. The van der Waals surface area contributed by atoms with E-state index in [1.807, 2.05) is 24.0 Å². The number of carbonyl (C=O) groups excluding carboxylic acids is 1. The summed E-state index contributed by atoms with van der Waals surface area (Å²) in [5.41, 5.74) is 9.71. The highest BCUT2D eigenvalue weighted by molar-refractivity contribution is 5.75. The van der Waals surface area contributed by atoms with Crippen LogP contribution in [0.3, 0.4) is 0 Å². The number of nitriles is 1. The fourth-order valence-electron chi connectivity index (χ4n) is 11.5. The van der Waals surface area contributed by atoms with Crippen LogP contribution in [0.4, 0.5) is 23.0 Å². The number of piperidine rings is 2. The zero-order valence-corrected chi connectivity index (χ0v) is 38.2. The fraction of sp³-hybridized carbons (Fsp3) is 0.588. The molecule has 5 aliphatic heterocycles. The van der Waals surface area contributed by atoms with Crippen LogP contribution in [-0.4, -0.2) is 101 Å². The van der Waals surface area contributed by atoms with E-state index < -0.39 is 0 Å². The Labute approximate surface area is 375 Å². The molecule has 0 bridgehead atoms. The summed E-state index contributed by atoms with van der Waals surface area (Å²) in [6.45, 7) is 17.3. The average molecular weight is 853 g/mol. The standard InChI is InChI=1S/C33H46N6O.C18H22N4O/c1-25-20-29(9-8-28(25)22-34)39-24-33(21-26(39)2)14-18-38(19-15-33)31-10-11-32(36-35-31)40-30-12-16-37(17-13-30)23-27-6-4-3-5-7-27;1-12-5-6-14-4-3-8-22(17(14)10-12)18-15-11-21(13(2)23)9-7-16(15)19-20-18/h8-11,20,26-27,30H,3-7,12-19,21,23-24H2,1-2H3;5-6,10H,3-4,7-9,11H2,1-2H3,(H,19,20)/t26-;/m0./s1. The van der Waals surface area contributed by atoms with Crippen molar-refractivity contribution in [2.45, 2.75) is 130 Å². The van der Waals surface area contributed by atoms with Gasteiger partial charge in [-0.2, -0.15) is 10.4 Å². The number of rotatable bonds is 7. The molecule has 10 rings (SSSR count). The summed E-state index contributed by atoms with van der Waals surface area (Å²) in [5, 5.41) is 26.2. The Balaban J connectivity index is 0.000000185. The van der Waals surface area contributed by atoms with Crippen molar-refractivity contribution in [1.29, 1.82) is 5.26 Å². The van der Waals surface area contributed by atoms with Crippen molar-refractivity contribution in [3.8, 4) is 11.9 Å². The van der Waals surface area contributed by atoms with E-state index in [1.165, 1.54) is 91.7 Å². The van der Waals surface area contributed by atoms with Crippen molar-refractivity contribution in [1.82, 2.24) is 30.2 Å². The summed E-state index contributed by atoms with van der Waals surface area (Å²) >= 11 is 0. The summed E-state index contributed by atoms with van der Waals surface area (Å²) in [7, 11) is 0. The SMILES string of the molecule is CC(=O)N1CCc2[nH]nc(N3CCCc4ccc(C)cc43)c2C1.Cc1cc(N2CC3(CCN(c4ccc(OC5CCN(CC6CCCCC6)CC5)nn4)CC3)C[C@@H]2C)ccc1C#N. The van der Waals surface area contributed by atoms with Gasteiger partial charge in [0.2, 0.25) is 11.8 Å². The molecule has 2 aromatic heterocycles. The van der Waals surface area contributed by atoms with E-state index in [1.54, 1.807) is 6.92 Å². The van der Waals surface area contributed by atoms with Gasteiger partial charge in [0.1, 0.15) is 6.10 Å². The number of hydrogen-bond acceptors (Lipinski definition) is 10. The Hall–Kier alpha value is -5.15. The van der Waals surface area contributed by atoms with Gasteiger partial charge in [0.15, 0.2) is 11.6 Å². The maximum absolute atomic E-state index is 11.7. The molecule has 0 radical (unpaired) electrons. The molecule has 1 saturated carbocycles. The highest BCUT2D eigenvalue weighted by Gasteiger charge is 2.44. The van der Waals surface area contributed by atoms with Crippen molar-refractivity contribution in [2.75, 3.05) is 67.1 Å². The van der Waals surface area contributed by atoms with Crippen molar-refractivity contribution in [3.63, 3.8) is 0 Å². The zero-order valence-electron chi connectivity index (χ0n) is 38.2. The number of benzene rings is 2. The van der Waals surface area contributed by atoms with Crippen LogP contribution in [0.15, 0.2) is 48.5 Å². The lowest BCUT2D eigenvalue weighted by atomic mass is 9.77. The zero-order chi connectivity index (χ0) is 43.5. The van der Waals surface area contributed by atoms with Gasteiger partial charge in [0, 0.05) is 100 Å². The van der Waals surface area contributed by atoms with Gasteiger partial charge < -0.3 is 29.2 Å². The molecule has 1 aliphatic carbocycles. The Morgan fingerprint density at radius 1 is 0.905 bits per heavy atom. The minimum atomic E-state index is 0.137. The Bertz CT molecular complexity index is 2240. The lowest BCUT2D eigenvalue weighted by molar-refractivity contribution is -0.129. The van der Waals surface area contributed by atoms with Gasteiger partial charge in [-0.15, -0.1) is 10.2 Å². The number of ether oxygens (including phenoxy) is 1. The Morgan fingerprint density at radius 2 is 1.71 bits per heavy atom. The second kappa shape index (κ2) is 18.9. The first-order valence-corrected chi connectivity index (χ1v) is 24.1. The summed E-state index contributed by atoms with van der Waals surface area (Å²) < 4.78 is 6.26. The second-order valence-electron chi connectivity index (χ2n) is 19.7. The van der Waals surface area contributed by atoms with Crippen molar-refractivity contribution in [2.24, 2.45) is 11.3 Å². The molecule has 63 heavy (non-hydrogen) atoms. The van der Waals surface area contributed by atoms with Gasteiger partial charge in [0.05, 0.1) is 18.2 Å². The number of nitrogens with zero attached hydrogens (tertiary/aromatic N) is 9. The highest BCUT2D eigenvalue weighted by atomic mass is 16.5. The summed E-state index contributed by atoms with van der Waals surface area (Å²) in [5.74, 6) is 3.68. The predicted molar refractivity (Wildman–Crippen MR) is 250 cm³/mol. The summed E-state index contributed by atoms with van der Waals surface area (Å²) in [6.07, 6.45) is 16.2. The Morgan fingerprint density at radius 3 is 2.44 bits per heavy atom. The number of H-pyrrole nitrogens is 1. The summed E-state index contributed by atoms with van der Waals surface area (Å²) in [4.78, 5) is 23.6. The van der Waals surface area contributed by atoms with Crippen LogP contribution in [0.25, 0.3) is 0 Å². The van der Waals surface area contributed by atoms with E-state index in [9.17, 15) is 10.1 Å². The van der Waals surface area contributed by atoms with Crippen LogP contribution in [0.2, 0.25) is 0 Å². The number of nitrogens with one attached hydrogen (secondary N) is 1. The number of amides is 1. The molecular formula is C51H68N10O2. The quantitative estimate of drug-likeness (QED) is 0.193. The monoisotopic (exact) mass is 853 g/mol. The van der Waals surface area contributed by atoms with Gasteiger partial charge in [0.25, 0.3) is 0 Å². The maximum Gasteiger partial charge on any atom is 0.233 e. The number of hydrogen-bond donors (Lipinski definition) is 1. The van der Waals surface area contributed by atoms with Crippen LogP contribution in [-0.2, 0) is 24.2 Å². The normalized spacial score (nSPS) is 21.7. The second-order valence-corrected chi connectivity index (χ2v) is 19.7. The Kier molecular flexibility index (Phi) is 12.9. The molecule has 4 aromatic rings. The largest absolute Gasteiger partial charge is 0.473 e. The molecule has 1 N–H and O–H groups in total. The number of aromatic nitrogens is 4. The van der Waals surface area contributed by atoms with Gasteiger partial charge in [-0.25, -0.2) is 0 Å². The average Bonchev–Trinajstić information content (AvgIpc) is 3.87. The van der Waals surface area contributed by atoms with Crippen molar-refractivity contribution < 1.29 is 9.53 Å². The number of likely N-dealkylation sites (tertiary alicyclic amines) is 1. The predicted octanol–water partition coefficient (Wildman–Crippen LogP) is 8.67. The van der Waals surface area contributed by atoms with Crippen LogP contribution in [0, 0.1) is 36.5 Å². The lowest BCUT2D eigenvalue weighted by Gasteiger charge is -2.39. The number of aromatic amines is 1. The minimum absolute atomic E-state index is 0.137. The third kappa shape index (κ3) is 9.69. The molecule has 1 spiro atoms. The maximum atomic E-state index is 11.7. The van der Waals surface area contributed by atoms with Gasteiger partial charge >= 0.3 is 0 Å². The number of anilines is 4. The van der Waals surface area contributed by atoms with Gasteiger partial charge in [-0.1, -0.05) is 31.4 Å². The van der Waals surface area contributed by atoms with Gasteiger partial charge in [-0.3, -0.25) is 9.89 Å². The van der Waals surface area contributed by atoms with Crippen LogP contribution in [0.5, 0.6) is 5.88 Å². The summed E-state index contributed by atoms with van der Waals surface area (Å²) in [6, 6.07) is 19.9. The molecule has 6 aliphatic rings. The topological polar surface area (TPSA) is 121 Å². The molecule has 2 aromatic carbocycles. The molecule has 7 heterocycles. The first-order chi connectivity index (χ1) is 30.6. The molecule has 334 valence electrons. The van der Waals surface area contributed by atoms with Crippen LogP contribution in [0.1, 0.15) is 118 Å². The van der Waals surface area contributed by atoms with Crippen molar-refractivity contribution in [3.05, 3.63) is 82.0 Å². The van der Waals surface area contributed by atoms with E-state index in [2.05, 4.69) is 96.3 Å². The molecule has 12 nitrogen and oxygen atoms in total. The van der Waals surface area contributed by atoms with Crippen molar-refractivity contribution >= 4 is 28.9 Å². The van der Waals surface area contributed by atoms with Crippen LogP contribution >= 0.6 is 0 Å². The fourth-order valence-corrected chi connectivity index (χ4v) is 11.5. The van der Waals surface area contributed by atoms with E-state index in [4.69, 9.17) is 4.74 Å². The van der Waals surface area contributed by atoms with E-state index >= 15 is 0 Å². The molecule has 0 unspecified atom stereocenters. The third-order valence-electron chi connectivity index (χ3n) is 15.2. The molecule has 3 saturated heterocycles. The van der Waals surface area contributed by atoms with Gasteiger partial charge in [-0.05, 0) is 137 Å². The minimum Gasteiger partial charge on any atom is -0.473 e. The molecule has 12 heteroatoms. The van der Waals surface area contributed by atoms with E-state index in [0.29, 0.717) is 23.9 Å². The molecule has 1 atom stereocenters. The molecule has 4 fully saturated rings. The first kappa shape index (κ1) is 43.1. The molecule has 1 amide bonds. The third-order valence-corrected chi connectivity index (χ3v) is 15.2. The highest BCUT2D eigenvalue weighted by Crippen LogP contribution is 2.46. The van der Waals surface area contributed by atoms with E-state index in [0.717, 1.165) is 107 Å². The van der Waals surface area contributed by atoms with Crippen LogP contribution < -0.4 is 19.4 Å². The smallest absolute Gasteiger partial charge is 0.233 e. The lowest BCUT2D eigenvalue weighted by Crippen LogP contribution is -2.42. The number of carbonyl (C=O) groups is 1. The van der Waals surface area contributed by atoms with E-state index in [-0.39, 0.29) is 12.0 Å². The first-order valence-electron chi connectivity index (χ1n) is 24.1. The number of fused-ring (bicyclic) bond motifs is 2. The molecular weight excluding hydrogens is 785 g/mol.